The highest BCUT2D eigenvalue weighted by atomic mass is 35.5. The Kier molecular flexibility index (Phi) is 4.88. The van der Waals surface area contributed by atoms with Crippen LogP contribution in [0.15, 0.2) is 18.2 Å². The van der Waals surface area contributed by atoms with Crippen LogP contribution in [-0.2, 0) is 16.1 Å². The van der Waals surface area contributed by atoms with Crippen molar-refractivity contribution in [2.24, 2.45) is 11.8 Å². The summed E-state index contributed by atoms with van der Waals surface area (Å²) in [7, 11) is 0. The molecule has 3 aliphatic heterocycles. The lowest BCUT2D eigenvalue weighted by Gasteiger charge is -2.29. The Labute approximate surface area is 159 Å². The Morgan fingerprint density at radius 2 is 2.35 bits per heavy atom. The van der Waals surface area contributed by atoms with Gasteiger partial charge >= 0.3 is 0 Å². The number of aromatic hydroxyl groups is 1. The first-order valence-electron chi connectivity index (χ1n) is 9.65. The Balaban J connectivity index is 1.43. The number of halogens is 1. The Morgan fingerprint density at radius 1 is 1.50 bits per heavy atom. The Morgan fingerprint density at radius 3 is 3.15 bits per heavy atom. The molecule has 3 aliphatic rings. The van der Waals surface area contributed by atoms with Gasteiger partial charge in [-0.05, 0) is 30.9 Å². The third-order valence-corrected chi connectivity index (χ3v) is 6.75. The van der Waals surface area contributed by atoms with Crippen molar-refractivity contribution in [3.8, 4) is 5.75 Å². The van der Waals surface area contributed by atoms with Crippen molar-refractivity contribution in [3.05, 3.63) is 28.8 Å². The van der Waals surface area contributed by atoms with Gasteiger partial charge < -0.3 is 15.2 Å². The predicted octanol–water partition coefficient (Wildman–Crippen LogP) is 2.94. The summed E-state index contributed by atoms with van der Waals surface area (Å²) < 4.78 is 6.44. The molecule has 4 atom stereocenters. The maximum atomic E-state index is 11.9. The van der Waals surface area contributed by atoms with Crippen LogP contribution < -0.4 is 5.32 Å². The molecule has 0 aromatic heterocycles. The number of nitrogens with one attached hydrogen (secondary N) is 1. The highest BCUT2D eigenvalue weighted by Gasteiger charge is 2.62. The van der Waals surface area contributed by atoms with E-state index in [1.54, 1.807) is 6.07 Å². The number of rotatable bonds is 6. The maximum Gasteiger partial charge on any atom is 0.219 e. The molecule has 2 bridgehead atoms. The van der Waals surface area contributed by atoms with Gasteiger partial charge in [0.25, 0.3) is 0 Å². The van der Waals surface area contributed by atoms with Crippen molar-refractivity contribution in [1.82, 2.24) is 10.2 Å². The summed E-state index contributed by atoms with van der Waals surface area (Å²) >= 11 is 6.26. The van der Waals surface area contributed by atoms with Crippen molar-refractivity contribution in [2.45, 2.75) is 50.9 Å². The topological polar surface area (TPSA) is 61.8 Å². The molecule has 1 amide bonds. The molecule has 3 heterocycles. The number of nitrogens with zero attached hydrogens (tertiary/aromatic N) is 1. The van der Waals surface area contributed by atoms with E-state index in [4.69, 9.17) is 16.3 Å². The van der Waals surface area contributed by atoms with Crippen LogP contribution in [0.1, 0.15) is 38.2 Å². The number of likely N-dealkylation sites (tertiary alicyclic amines) is 1. The van der Waals surface area contributed by atoms with Crippen molar-refractivity contribution in [1.29, 1.82) is 0 Å². The number of carbonyl (C=O) groups excluding carboxylic acids is 1. The molecule has 1 aromatic carbocycles. The molecular formula is C20H27ClN2O3. The second-order valence-corrected chi connectivity index (χ2v) is 8.38. The summed E-state index contributed by atoms with van der Waals surface area (Å²) in [6.07, 6.45) is 3.95. The van der Waals surface area contributed by atoms with Crippen molar-refractivity contribution < 1.29 is 14.6 Å². The van der Waals surface area contributed by atoms with Gasteiger partial charge in [-0.1, -0.05) is 30.7 Å². The zero-order chi connectivity index (χ0) is 18.3. The average molecular weight is 379 g/mol. The Hall–Kier alpha value is -1.30. The minimum absolute atomic E-state index is 0.0614. The van der Waals surface area contributed by atoms with E-state index in [1.807, 2.05) is 19.1 Å². The molecule has 2 N–H and O–H groups in total. The SMILES string of the molecule is CCCC(=O)NC[C@H]1[C@H]2CN(Cc3cccc(O)c3Cl)C[C@]23CC[C@H]1O3. The lowest BCUT2D eigenvalue weighted by Crippen LogP contribution is -2.41. The molecule has 3 fully saturated rings. The molecule has 0 radical (unpaired) electrons. The number of ether oxygens (including phenoxy) is 1. The molecule has 3 saturated heterocycles. The molecular weight excluding hydrogens is 352 g/mol. The van der Waals surface area contributed by atoms with Gasteiger partial charge in [-0.15, -0.1) is 0 Å². The zero-order valence-corrected chi connectivity index (χ0v) is 16.0. The number of phenols is 1. The fraction of sp³-hybridized carbons (Fsp3) is 0.650. The summed E-state index contributed by atoms with van der Waals surface area (Å²) in [5.41, 5.74) is 0.888. The summed E-state index contributed by atoms with van der Waals surface area (Å²) in [5.74, 6) is 1.13. The number of benzene rings is 1. The predicted molar refractivity (Wildman–Crippen MR) is 100 cm³/mol. The largest absolute Gasteiger partial charge is 0.506 e. The molecule has 6 heteroatoms. The van der Waals surface area contributed by atoms with Gasteiger partial charge in [0.05, 0.1) is 16.7 Å². The van der Waals surface area contributed by atoms with Gasteiger partial charge in [0.15, 0.2) is 0 Å². The fourth-order valence-corrected chi connectivity index (χ4v) is 5.34. The summed E-state index contributed by atoms with van der Waals surface area (Å²) in [6.45, 7) is 5.32. The van der Waals surface area contributed by atoms with Crippen LogP contribution in [0.3, 0.4) is 0 Å². The van der Waals surface area contributed by atoms with Gasteiger partial charge in [0, 0.05) is 44.4 Å². The quantitative estimate of drug-likeness (QED) is 0.799. The second kappa shape index (κ2) is 7.02. The Bertz CT molecular complexity index is 698. The molecule has 0 unspecified atom stereocenters. The van der Waals surface area contributed by atoms with E-state index in [2.05, 4.69) is 10.2 Å². The highest BCUT2D eigenvalue weighted by Crippen LogP contribution is 2.54. The lowest BCUT2D eigenvalue weighted by molar-refractivity contribution is -0.121. The summed E-state index contributed by atoms with van der Waals surface area (Å²) in [5, 5.41) is 13.4. The van der Waals surface area contributed by atoms with E-state index >= 15 is 0 Å². The van der Waals surface area contributed by atoms with Crippen molar-refractivity contribution in [2.75, 3.05) is 19.6 Å². The van der Waals surface area contributed by atoms with E-state index in [0.29, 0.717) is 29.8 Å². The van der Waals surface area contributed by atoms with Crippen LogP contribution in [0.2, 0.25) is 5.02 Å². The third-order valence-electron chi connectivity index (χ3n) is 6.32. The van der Waals surface area contributed by atoms with E-state index in [0.717, 1.165) is 44.5 Å². The van der Waals surface area contributed by atoms with Crippen molar-refractivity contribution >= 4 is 17.5 Å². The van der Waals surface area contributed by atoms with Crippen LogP contribution in [0, 0.1) is 11.8 Å². The van der Waals surface area contributed by atoms with Gasteiger partial charge in [0.1, 0.15) is 5.75 Å². The minimum atomic E-state index is -0.0614. The van der Waals surface area contributed by atoms with Crippen LogP contribution >= 0.6 is 11.6 Å². The van der Waals surface area contributed by atoms with Crippen LogP contribution in [0.4, 0.5) is 0 Å². The third kappa shape index (κ3) is 3.10. The smallest absolute Gasteiger partial charge is 0.219 e. The van der Waals surface area contributed by atoms with Crippen LogP contribution in [0.25, 0.3) is 0 Å². The standard InChI is InChI=1S/C20H27ClN2O3/c1-2-4-18(25)22-9-14-15-11-23(12-20(15)8-7-17(14)26-20)10-13-5-3-6-16(24)19(13)21/h3,5-6,14-15,17,24H,2,4,7-12H2,1H3,(H,22,25)/t14-,15+,17+,20+/m0/s1. The van der Waals surface area contributed by atoms with Crippen LogP contribution in [0.5, 0.6) is 5.75 Å². The summed E-state index contributed by atoms with van der Waals surface area (Å²) in [6, 6.07) is 5.41. The van der Waals surface area contributed by atoms with Gasteiger partial charge in [-0.25, -0.2) is 0 Å². The number of phenolic OH excluding ortho intramolecular Hbond substituents is 1. The average Bonchev–Trinajstić information content (AvgIpc) is 3.25. The lowest BCUT2D eigenvalue weighted by atomic mass is 9.73. The molecule has 4 rings (SSSR count). The first-order valence-corrected chi connectivity index (χ1v) is 10.0. The summed E-state index contributed by atoms with van der Waals surface area (Å²) in [4.78, 5) is 14.3. The number of carbonyl (C=O) groups is 1. The number of hydrogen-bond acceptors (Lipinski definition) is 4. The fourth-order valence-electron chi connectivity index (χ4n) is 5.16. The molecule has 0 aliphatic carbocycles. The molecule has 142 valence electrons. The molecule has 5 nitrogen and oxygen atoms in total. The van der Waals surface area contributed by atoms with E-state index < -0.39 is 0 Å². The molecule has 1 spiro atoms. The van der Waals surface area contributed by atoms with Gasteiger partial charge in [0.2, 0.25) is 5.91 Å². The van der Waals surface area contributed by atoms with E-state index in [-0.39, 0.29) is 23.4 Å². The van der Waals surface area contributed by atoms with Crippen molar-refractivity contribution in [3.63, 3.8) is 0 Å². The molecule has 1 aromatic rings. The number of amides is 1. The van der Waals surface area contributed by atoms with E-state index in [9.17, 15) is 9.90 Å². The normalized spacial score (nSPS) is 32.8. The number of fused-ring (bicyclic) bond motifs is 1. The van der Waals surface area contributed by atoms with E-state index in [1.165, 1.54) is 0 Å². The molecule has 0 saturated carbocycles. The number of hydrogen-bond donors (Lipinski definition) is 2. The minimum Gasteiger partial charge on any atom is -0.506 e. The van der Waals surface area contributed by atoms with Gasteiger partial charge in [-0.2, -0.15) is 0 Å². The van der Waals surface area contributed by atoms with Gasteiger partial charge in [-0.3, -0.25) is 9.69 Å². The van der Waals surface area contributed by atoms with Crippen LogP contribution in [-0.4, -0.2) is 47.3 Å². The first kappa shape index (κ1) is 18.1. The zero-order valence-electron chi connectivity index (χ0n) is 15.2. The monoisotopic (exact) mass is 378 g/mol. The second-order valence-electron chi connectivity index (χ2n) is 8.00. The molecule has 26 heavy (non-hydrogen) atoms. The maximum absolute atomic E-state index is 11.9. The highest BCUT2D eigenvalue weighted by molar-refractivity contribution is 6.32. The first-order chi connectivity index (χ1) is 12.5.